The average molecular weight is 499 g/mol. The number of nitrogens with zero attached hydrogens (tertiary/aromatic N) is 3. The number of nitrogens with one attached hydrogen (secondary N) is 1. The first-order valence-electron chi connectivity index (χ1n) is 13.5. The quantitative estimate of drug-likeness (QED) is 0.615. The maximum absolute atomic E-state index is 13.1. The Labute approximate surface area is 209 Å². The highest BCUT2D eigenvalue weighted by Gasteiger charge is 2.29. The van der Waals surface area contributed by atoms with Crippen LogP contribution in [-0.4, -0.2) is 55.8 Å². The van der Waals surface area contributed by atoms with E-state index < -0.39 is 10.0 Å². The molecule has 0 bridgehead atoms. The Hall–Kier alpha value is -2.19. The number of fused-ring (bicyclic) bond motifs is 1. The third-order valence-corrected chi connectivity index (χ3v) is 9.81. The smallest absolute Gasteiger partial charge is 0.243 e. The first kappa shape index (κ1) is 24.5. The molecule has 1 amide bonds. The van der Waals surface area contributed by atoms with Gasteiger partial charge < -0.3 is 10.2 Å². The number of carbonyl (C=O) groups excluding carboxylic acids is 1. The SMILES string of the molecule is O=C(NC1CCCCCC1)C1CCCN(c2ccc3cc(S(=O)(=O)N4CCCCC4)ccc3n2)C1. The van der Waals surface area contributed by atoms with Crippen molar-refractivity contribution in [1.29, 1.82) is 0 Å². The van der Waals surface area contributed by atoms with Gasteiger partial charge in [0.15, 0.2) is 0 Å². The van der Waals surface area contributed by atoms with Gasteiger partial charge in [-0.05, 0) is 68.9 Å². The monoisotopic (exact) mass is 498 g/mol. The van der Waals surface area contributed by atoms with Gasteiger partial charge in [0.2, 0.25) is 15.9 Å². The van der Waals surface area contributed by atoms with E-state index in [1.807, 2.05) is 18.2 Å². The van der Waals surface area contributed by atoms with Gasteiger partial charge in [0.1, 0.15) is 5.82 Å². The van der Waals surface area contributed by atoms with Crippen molar-refractivity contribution in [2.45, 2.75) is 81.6 Å². The number of carbonyl (C=O) groups is 1. The Balaban J connectivity index is 1.27. The summed E-state index contributed by atoms with van der Waals surface area (Å²) < 4.78 is 27.7. The Morgan fingerprint density at radius 1 is 0.857 bits per heavy atom. The van der Waals surface area contributed by atoms with Crippen LogP contribution in [0.5, 0.6) is 0 Å². The Morgan fingerprint density at radius 3 is 2.37 bits per heavy atom. The molecule has 5 rings (SSSR count). The fourth-order valence-electron chi connectivity index (χ4n) is 5.83. The van der Waals surface area contributed by atoms with E-state index in [1.54, 1.807) is 16.4 Å². The van der Waals surface area contributed by atoms with Crippen molar-refractivity contribution in [2.75, 3.05) is 31.1 Å². The van der Waals surface area contributed by atoms with Crippen LogP contribution in [0.1, 0.15) is 70.6 Å². The average Bonchev–Trinajstić information content (AvgIpc) is 3.17. The maximum atomic E-state index is 13.1. The van der Waals surface area contributed by atoms with Gasteiger partial charge in [0, 0.05) is 37.6 Å². The number of rotatable bonds is 5. The minimum Gasteiger partial charge on any atom is -0.356 e. The first-order chi connectivity index (χ1) is 17.0. The third-order valence-electron chi connectivity index (χ3n) is 7.92. The third kappa shape index (κ3) is 5.64. The molecule has 8 heteroatoms. The van der Waals surface area contributed by atoms with Crippen LogP contribution >= 0.6 is 0 Å². The molecule has 2 saturated heterocycles. The van der Waals surface area contributed by atoms with Crippen molar-refractivity contribution in [2.24, 2.45) is 5.92 Å². The Morgan fingerprint density at radius 2 is 1.60 bits per heavy atom. The van der Waals surface area contributed by atoms with Crippen LogP contribution in [0.2, 0.25) is 0 Å². The number of anilines is 1. The molecule has 1 N–H and O–H groups in total. The van der Waals surface area contributed by atoms with Crippen LogP contribution in [-0.2, 0) is 14.8 Å². The van der Waals surface area contributed by atoms with E-state index in [-0.39, 0.29) is 11.8 Å². The highest BCUT2D eigenvalue weighted by molar-refractivity contribution is 7.89. The van der Waals surface area contributed by atoms with E-state index in [4.69, 9.17) is 4.98 Å². The van der Waals surface area contributed by atoms with E-state index in [0.29, 0.717) is 30.6 Å². The number of sulfonamides is 1. The molecule has 1 saturated carbocycles. The number of amides is 1. The summed E-state index contributed by atoms with van der Waals surface area (Å²) in [4.78, 5) is 20.4. The highest BCUT2D eigenvalue weighted by Crippen LogP contribution is 2.28. The van der Waals surface area contributed by atoms with Gasteiger partial charge in [-0.2, -0.15) is 4.31 Å². The van der Waals surface area contributed by atoms with Gasteiger partial charge in [0.05, 0.1) is 16.3 Å². The van der Waals surface area contributed by atoms with Crippen LogP contribution in [0, 0.1) is 5.92 Å². The molecule has 190 valence electrons. The fourth-order valence-corrected chi connectivity index (χ4v) is 7.38. The number of pyridine rings is 1. The zero-order valence-electron chi connectivity index (χ0n) is 20.6. The van der Waals surface area contributed by atoms with E-state index in [9.17, 15) is 13.2 Å². The number of benzene rings is 1. The molecular formula is C27H38N4O3S. The van der Waals surface area contributed by atoms with Gasteiger partial charge in [0.25, 0.3) is 0 Å². The summed E-state index contributed by atoms with van der Waals surface area (Å²) in [5.74, 6) is 1.03. The predicted octanol–water partition coefficient (Wildman–Crippen LogP) is 4.46. The zero-order valence-corrected chi connectivity index (χ0v) is 21.4. The molecule has 3 fully saturated rings. The van der Waals surface area contributed by atoms with Gasteiger partial charge in [-0.15, -0.1) is 0 Å². The maximum Gasteiger partial charge on any atom is 0.243 e. The van der Waals surface area contributed by atoms with Crippen molar-refractivity contribution >= 4 is 32.7 Å². The normalized spacial score (nSPS) is 23.2. The predicted molar refractivity (Wildman–Crippen MR) is 139 cm³/mol. The summed E-state index contributed by atoms with van der Waals surface area (Å²) >= 11 is 0. The van der Waals surface area contributed by atoms with Gasteiger partial charge in [-0.1, -0.05) is 32.1 Å². The second-order valence-corrected chi connectivity index (χ2v) is 12.4. The van der Waals surface area contributed by atoms with Crippen LogP contribution in [0.15, 0.2) is 35.2 Å². The van der Waals surface area contributed by atoms with Crippen molar-refractivity contribution in [3.63, 3.8) is 0 Å². The molecule has 2 aliphatic heterocycles. The van der Waals surface area contributed by atoms with Gasteiger partial charge >= 0.3 is 0 Å². The van der Waals surface area contributed by atoms with Crippen molar-refractivity contribution < 1.29 is 13.2 Å². The van der Waals surface area contributed by atoms with Crippen LogP contribution in [0.4, 0.5) is 5.82 Å². The topological polar surface area (TPSA) is 82.6 Å². The number of hydrogen-bond acceptors (Lipinski definition) is 5. The summed E-state index contributed by atoms with van der Waals surface area (Å²) in [6, 6.07) is 9.50. The van der Waals surface area contributed by atoms with E-state index in [1.165, 1.54) is 25.7 Å². The molecule has 35 heavy (non-hydrogen) atoms. The standard InChI is InChI=1S/C27H38N4O3S/c32-27(28-23-10-4-1-2-5-11-23)22-9-8-16-30(20-22)26-15-12-21-19-24(13-14-25(21)29-26)35(33,34)31-17-6-3-7-18-31/h12-15,19,22-23H,1-11,16-18,20H2,(H,28,32). The minimum absolute atomic E-state index is 0.0124. The molecule has 0 radical (unpaired) electrons. The Bertz CT molecular complexity index is 1140. The second-order valence-electron chi connectivity index (χ2n) is 10.5. The van der Waals surface area contributed by atoms with E-state index >= 15 is 0 Å². The second kappa shape index (κ2) is 10.8. The summed E-state index contributed by atoms with van der Waals surface area (Å²) in [6.07, 6.45) is 12.0. The summed E-state index contributed by atoms with van der Waals surface area (Å²) in [5.41, 5.74) is 0.783. The lowest BCUT2D eigenvalue weighted by atomic mass is 9.96. The molecule has 1 aliphatic carbocycles. The van der Waals surface area contributed by atoms with E-state index in [2.05, 4.69) is 10.2 Å². The van der Waals surface area contributed by atoms with Crippen LogP contribution < -0.4 is 10.2 Å². The largest absolute Gasteiger partial charge is 0.356 e. The first-order valence-corrected chi connectivity index (χ1v) is 14.9. The van der Waals surface area contributed by atoms with Crippen molar-refractivity contribution in [1.82, 2.24) is 14.6 Å². The molecule has 1 unspecified atom stereocenters. The fraction of sp³-hybridized carbons (Fsp3) is 0.630. The minimum atomic E-state index is -3.46. The summed E-state index contributed by atoms with van der Waals surface area (Å²) in [7, 11) is -3.46. The highest BCUT2D eigenvalue weighted by atomic mass is 32.2. The number of aromatic nitrogens is 1. The molecule has 1 atom stereocenters. The van der Waals surface area contributed by atoms with Gasteiger partial charge in [-0.3, -0.25) is 4.79 Å². The number of piperidine rings is 2. The van der Waals surface area contributed by atoms with Gasteiger partial charge in [-0.25, -0.2) is 13.4 Å². The Kier molecular flexibility index (Phi) is 7.58. The molecule has 1 aromatic heterocycles. The zero-order chi connectivity index (χ0) is 24.3. The summed E-state index contributed by atoms with van der Waals surface area (Å²) in [5, 5.41) is 4.16. The molecule has 2 aromatic rings. The molecule has 3 aliphatic rings. The summed E-state index contributed by atoms with van der Waals surface area (Å²) in [6.45, 7) is 2.76. The number of hydrogen-bond donors (Lipinski definition) is 1. The van der Waals surface area contributed by atoms with E-state index in [0.717, 1.165) is 68.2 Å². The molecular weight excluding hydrogens is 460 g/mol. The molecule has 7 nitrogen and oxygen atoms in total. The lowest BCUT2D eigenvalue weighted by Crippen LogP contribution is -2.46. The van der Waals surface area contributed by atoms with Crippen LogP contribution in [0.25, 0.3) is 10.9 Å². The lowest BCUT2D eigenvalue weighted by Gasteiger charge is -2.33. The van der Waals surface area contributed by atoms with Crippen LogP contribution in [0.3, 0.4) is 0 Å². The van der Waals surface area contributed by atoms with Crippen molar-refractivity contribution in [3.05, 3.63) is 30.3 Å². The molecule has 1 aromatic carbocycles. The lowest BCUT2D eigenvalue weighted by molar-refractivity contribution is -0.126. The molecule has 3 heterocycles. The molecule has 0 spiro atoms. The van der Waals surface area contributed by atoms with Crippen molar-refractivity contribution in [3.8, 4) is 0 Å².